The van der Waals surface area contributed by atoms with Crippen LogP contribution < -0.4 is 5.32 Å². The highest BCUT2D eigenvalue weighted by atomic mass is 16.3. The molecule has 0 aliphatic rings. The van der Waals surface area contributed by atoms with Crippen LogP contribution in [0.4, 0.5) is 5.82 Å². The van der Waals surface area contributed by atoms with Crippen LogP contribution in [0.15, 0.2) is 36.5 Å². The van der Waals surface area contributed by atoms with Gasteiger partial charge in [0.15, 0.2) is 11.5 Å². The molecule has 0 saturated carbocycles. The van der Waals surface area contributed by atoms with Gasteiger partial charge in [-0.25, -0.2) is 4.98 Å². The van der Waals surface area contributed by atoms with Crippen molar-refractivity contribution in [2.45, 2.75) is 20.3 Å². The van der Waals surface area contributed by atoms with E-state index in [0.29, 0.717) is 12.2 Å². The number of pyridine rings is 1. The third kappa shape index (κ3) is 3.95. The average Bonchev–Trinajstić information content (AvgIpc) is 2.45. The largest absolute Gasteiger partial charge is 0.504 e. The highest BCUT2D eigenvalue weighted by molar-refractivity contribution is 5.91. The zero-order valence-electron chi connectivity index (χ0n) is 12.0. The first-order valence-electron chi connectivity index (χ1n) is 6.70. The maximum Gasteiger partial charge on any atom is 0.228 e. The number of aromatic hydroxyl groups is 2. The number of anilines is 1. The lowest BCUT2D eigenvalue weighted by Gasteiger charge is -2.12. The summed E-state index contributed by atoms with van der Waals surface area (Å²) in [6, 6.07) is 8.20. The number of hydrogen-bond donors (Lipinski definition) is 3. The van der Waals surface area contributed by atoms with Crippen LogP contribution in [0.2, 0.25) is 0 Å². The Morgan fingerprint density at radius 2 is 2.00 bits per heavy atom. The highest BCUT2D eigenvalue weighted by Gasteiger charge is 2.15. The van der Waals surface area contributed by atoms with Crippen LogP contribution >= 0.6 is 0 Å². The van der Waals surface area contributed by atoms with Gasteiger partial charge < -0.3 is 15.5 Å². The van der Waals surface area contributed by atoms with Gasteiger partial charge in [-0.2, -0.15) is 0 Å². The summed E-state index contributed by atoms with van der Waals surface area (Å²) >= 11 is 0. The van der Waals surface area contributed by atoms with E-state index in [1.54, 1.807) is 25.3 Å². The second kappa shape index (κ2) is 6.26. The summed E-state index contributed by atoms with van der Waals surface area (Å²) in [6.07, 6.45) is 2.16. The summed E-state index contributed by atoms with van der Waals surface area (Å²) in [6.45, 7) is 3.73. The van der Waals surface area contributed by atoms with Crippen molar-refractivity contribution in [3.05, 3.63) is 47.7 Å². The van der Waals surface area contributed by atoms with Crippen LogP contribution in [-0.4, -0.2) is 21.1 Å². The Hall–Kier alpha value is -2.56. The molecule has 0 fully saturated rings. The molecule has 110 valence electrons. The highest BCUT2D eigenvalue weighted by Crippen LogP contribution is 2.26. The predicted molar refractivity (Wildman–Crippen MR) is 80.2 cm³/mol. The van der Waals surface area contributed by atoms with E-state index < -0.39 is 0 Å². The summed E-state index contributed by atoms with van der Waals surface area (Å²) < 4.78 is 0. The van der Waals surface area contributed by atoms with Gasteiger partial charge in [0, 0.05) is 12.1 Å². The zero-order valence-corrected chi connectivity index (χ0v) is 12.0. The Bertz CT molecular complexity index is 638. The van der Waals surface area contributed by atoms with Gasteiger partial charge in [0.05, 0.1) is 0 Å². The zero-order chi connectivity index (χ0) is 15.4. The Morgan fingerprint density at radius 1 is 1.24 bits per heavy atom. The van der Waals surface area contributed by atoms with Crippen molar-refractivity contribution in [3.8, 4) is 11.5 Å². The van der Waals surface area contributed by atoms with Gasteiger partial charge in [0.25, 0.3) is 0 Å². The molecule has 0 aliphatic carbocycles. The first-order chi connectivity index (χ1) is 9.95. The molecule has 2 aromatic rings. The van der Waals surface area contributed by atoms with E-state index in [-0.39, 0.29) is 23.3 Å². The molecule has 1 amide bonds. The first kappa shape index (κ1) is 14.8. The molecule has 2 rings (SSSR count). The van der Waals surface area contributed by atoms with E-state index in [0.717, 1.165) is 11.1 Å². The van der Waals surface area contributed by atoms with Crippen LogP contribution in [0, 0.1) is 12.8 Å². The monoisotopic (exact) mass is 286 g/mol. The molecule has 1 unspecified atom stereocenters. The maximum atomic E-state index is 12.1. The minimum atomic E-state index is -0.281. The number of hydrogen-bond acceptors (Lipinski definition) is 4. The van der Waals surface area contributed by atoms with E-state index in [1.807, 2.05) is 13.0 Å². The second-order valence-corrected chi connectivity index (χ2v) is 5.14. The minimum Gasteiger partial charge on any atom is -0.504 e. The van der Waals surface area contributed by atoms with Gasteiger partial charge in [-0.3, -0.25) is 4.79 Å². The molecule has 0 radical (unpaired) electrons. The molecule has 0 spiro atoms. The molecule has 5 heteroatoms. The smallest absolute Gasteiger partial charge is 0.228 e. The summed E-state index contributed by atoms with van der Waals surface area (Å²) in [5, 5.41) is 21.5. The van der Waals surface area contributed by atoms with Gasteiger partial charge in [-0.1, -0.05) is 19.1 Å². The summed E-state index contributed by atoms with van der Waals surface area (Å²) in [5.41, 5.74) is 1.81. The van der Waals surface area contributed by atoms with Crippen molar-refractivity contribution in [1.29, 1.82) is 0 Å². The van der Waals surface area contributed by atoms with Crippen molar-refractivity contribution >= 4 is 11.7 Å². The van der Waals surface area contributed by atoms with Crippen molar-refractivity contribution in [3.63, 3.8) is 0 Å². The number of nitrogens with one attached hydrogen (secondary N) is 1. The van der Waals surface area contributed by atoms with Crippen molar-refractivity contribution in [2.24, 2.45) is 5.92 Å². The molecule has 1 aromatic carbocycles. The van der Waals surface area contributed by atoms with E-state index in [2.05, 4.69) is 10.3 Å². The number of benzene rings is 1. The van der Waals surface area contributed by atoms with E-state index in [1.165, 1.54) is 12.1 Å². The third-order valence-electron chi connectivity index (χ3n) is 3.19. The van der Waals surface area contributed by atoms with Crippen molar-refractivity contribution < 1.29 is 15.0 Å². The van der Waals surface area contributed by atoms with Crippen LogP contribution in [0.1, 0.15) is 18.1 Å². The SMILES string of the molecule is Cc1ccc(NC(=O)C(C)Cc2ccc(O)c(O)c2)nc1. The number of aromatic nitrogens is 1. The van der Waals surface area contributed by atoms with E-state index >= 15 is 0 Å². The van der Waals surface area contributed by atoms with Gasteiger partial charge in [-0.15, -0.1) is 0 Å². The maximum absolute atomic E-state index is 12.1. The molecule has 0 aliphatic heterocycles. The number of carbonyl (C=O) groups is 1. The number of nitrogens with zero attached hydrogens (tertiary/aromatic N) is 1. The van der Waals surface area contributed by atoms with E-state index in [4.69, 9.17) is 0 Å². The normalized spacial score (nSPS) is 11.9. The average molecular weight is 286 g/mol. The minimum absolute atomic E-state index is 0.140. The third-order valence-corrected chi connectivity index (χ3v) is 3.19. The first-order valence-corrected chi connectivity index (χ1v) is 6.70. The lowest BCUT2D eigenvalue weighted by molar-refractivity contribution is -0.119. The molecule has 3 N–H and O–H groups in total. The fraction of sp³-hybridized carbons (Fsp3) is 0.250. The summed E-state index contributed by atoms with van der Waals surface area (Å²) in [4.78, 5) is 16.2. The Balaban J connectivity index is 1.98. The van der Waals surface area contributed by atoms with E-state index in [9.17, 15) is 15.0 Å². The molecule has 1 atom stereocenters. The van der Waals surface area contributed by atoms with Gasteiger partial charge in [-0.05, 0) is 42.7 Å². The lowest BCUT2D eigenvalue weighted by Crippen LogP contribution is -2.22. The predicted octanol–water partition coefficient (Wildman–Crippen LogP) is 2.62. The molecule has 21 heavy (non-hydrogen) atoms. The topological polar surface area (TPSA) is 82.5 Å². The fourth-order valence-corrected chi connectivity index (χ4v) is 1.93. The van der Waals surface area contributed by atoms with Crippen LogP contribution in [0.3, 0.4) is 0 Å². The molecule has 1 aromatic heterocycles. The molecule has 0 bridgehead atoms. The number of carbonyl (C=O) groups excluding carboxylic acids is 1. The lowest BCUT2D eigenvalue weighted by atomic mass is 10.00. The fourth-order valence-electron chi connectivity index (χ4n) is 1.93. The Kier molecular flexibility index (Phi) is 4.42. The van der Waals surface area contributed by atoms with Crippen LogP contribution in [0.25, 0.3) is 0 Å². The molecule has 0 saturated heterocycles. The van der Waals surface area contributed by atoms with Crippen molar-refractivity contribution in [2.75, 3.05) is 5.32 Å². The number of phenols is 2. The number of phenolic OH excluding ortho intramolecular Hbond substituents is 2. The quantitative estimate of drug-likeness (QED) is 0.754. The van der Waals surface area contributed by atoms with Gasteiger partial charge >= 0.3 is 0 Å². The summed E-state index contributed by atoms with van der Waals surface area (Å²) in [5.74, 6) is -0.248. The Morgan fingerprint density at radius 3 is 2.62 bits per heavy atom. The Labute approximate surface area is 123 Å². The number of amides is 1. The summed E-state index contributed by atoms with van der Waals surface area (Å²) in [7, 11) is 0. The number of aryl methyl sites for hydroxylation is 1. The van der Waals surface area contributed by atoms with Crippen LogP contribution in [0.5, 0.6) is 11.5 Å². The number of rotatable bonds is 4. The standard InChI is InChI=1S/C16H18N2O3/c1-10-3-6-15(17-9-10)18-16(21)11(2)7-12-4-5-13(19)14(20)8-12/h3-6,8-9,11,19-20H,7H2,1-2H3,(H,17,18,21). The van der Waals surface area contributed by atoms with Gasteiger partial charge in [0.2, 0.25) is 5.91 Å². The molecular weight excluding hydrogens is 268 g/mol. The van der Waals surface area contributed by atoms with Crippen molar-refractivity contribution in [1.82, 2.24) is 4.98 Å². The molecule has 1 heterocycles. The van der Waals surface area contributed by atoms with Gasteiger partial charge in [0.1, 0.15) is 5.82 Å². The molecule has 5 nitrogen and oxygen atoms in total. The second-order valence-electron chi connectivity index (χ2n) is 5.14. The molecular formula is C16H18N2O3. The van der Waals surface area contributed by atoms with Crippen LogP contribution in [-0.2, 0) is 11.2 Å².